The molecule has 0 aromatic carbocycles. The predicted octanol–water partition coefficient (Wildman–Crippen LogP) is 0.111. The third-order valence-corrected chi connectivity index (χ3v) is 4.37. The molecule has 0 unspecified atom stereocenters. The van der Waals surface area contributed by atoms with Gasteiger partial charge in [-0.05, 0) is 24.7 Å². The largest absolute Gasteiger partial charge is 0.272 e. The summed E-state index contributed by atoms with van der Waals surface area (Å²) in [5.41, 5.74) is 0. The molecule has 1 saturated carbocycles. The number of amides is 2. The monoisotopic (exact) mass is 244 g/mol. The Kier molecular flexibility index (Phi) is 1.82. The van der Waals surface area contributed by atoms with Crippen LogP contribution < -0.4 is 5.01 Å². The van der Waals surface area contributed by atoms with E-state index in [4.69, 9.17) is 0 Å². The van der Waals surface area contributed by atoms with Gasteiger partial charge in [0, 0.05) is 0 Å². The number of allylic oxidation sites excluding steroid dienone is 2. The number of imide groups is 1. The van der Waals surface area contributed by atoms with Crippen molar-refractivity contribution in [2.45, 2.75) is 12.8 Å². The van der Waals surface area contributed by atoms with Crippen molar-refractivity contribution < 1.29 is 9.59 Å². The Labute approximate surface area is 103 Å². The van der Waals surface area contributed by atoms with E-state index in [1.54, 1.807) is 0 Å². The number of nitrogens with zero attached hydrogens (tertiary/aromatic N) is 4. The molecule has 0 N–H and O–H groups in total. The van der Waals surface area contributed by atoms with Crippen LogP contribution in [0.15, 0.2) is 24.8 Å². The van der Waals surface area contributed by atoms with Gasteiger partial charge in [-0.1, -0.05) is 12.2 Å². The van der Waals surface area contributed by atoms with Gasteiger partial charge in [-0.25, -0.2) is 4.68 Å². The van der Waals surface area contributed by atoms with Crippen LogP contribution in [-0.2, 0) is 9.59 Å². The van der Waals surface area contributed by atoms with Crippen LogP contribution in [0.5, 0.6) is 0 Å². The lowest BCUT2D eigenvalue weighted by atomic mass is 9.63. The minimum atomic E-state index is -0.177. The van der Waals surface area contributed by atoms with E-state index < -0.39 is 0 Å². The van der Waals surface area contributed by atoms with Crippen molar-refractivity contribution in [3.05, 3.63) is 24.8 Å². The van der Waals surface area contributed by atoms with E-state index in [0.717, 1.165) is 12.8 Å². The quantitative estimate of drug-likeness (QED) is 0.519. The van der Waals surface area contributed by atoms with E-state index in [1.165, 1.54) is 22.3 Å². The number of hydrogen-bond donors (Lipinski definition) is 0. The van der Waals surface area contributed by atoms with Gasteiger partial charge in [-0.2, -0.15) is 5.01 Å². The Morgan fingerprint density at radius 1 is 0.944 bits per heavy atom. The second-order valence-corrected chi connectivity index (χ2v) is 5.17. The zero-order valence-corrected chi connectivity index (χ0v) is 9.64. The molecule has 2 fully saturated rings. The first kappa shape index (κ1) is 9.99. The first-order valence-electron chi connectivity index (χ1n) is 6.18. The Morgan fingerprint density at radius 2 is 1.44 bits per heavy atom. The second kappa shape index (κ2) is 3.28. The normalized spacial score (nSPS) is 37.4. The maximum atomic E-state index is 12.4. The summed E-state index contributed by atoms with van der Waals surface area (Å²) in [6.45, 7) is 0. The summed E-state index contributed by atoms with van der Waals surface area (Å²) in [4.78, 5) is 24.9. The summed E-state index contributed by atoms with van der Waals surface area (Å²) >= 11 is 0. The topological polar surface area (TPSA) is 68.1 Å². The van der Waals surface area contributed by atoms with Crippen LogP contribution in [0.2, 0.25) is 0 Å². The number of rotatable bonds is 1. The van der Waals surface area contributed by atoms with Gasteiger partial charge in [0.25, 0.3) is 11.8 Å². The number of carbonyl (C=O) groups is 2. The zero-order valence-electron chi connectivity index (χ0n) is 9.64. The fourth-order valence-electron chi connectivity index (χ4n) is 3.58. The molecule has 1 aliphatic heterocycles. The molecule has 2 bridgehead atoms. The molecule has 2 heterocycles. The summed E-state index contributed by atoms with van der Waals surface area (Å²) in [7, 11) is 0. The molecule has 18 heavy (non-hydrogen) atoms. The van der Waals surface area contributed by atoms with Crippen LogP contribution in [0, 0.1) is 23.7 Å². The van der Waals surface area contributed by atoms with Crippen molar-refractivity contribution in [2.24, 2.45) is 23.7 Å². The lowest BCUT2D eigenvalue weighted by Gasteiger charge is -2.37. The molecule has 3 aliphatic carbocycles. The second-order valence-electron chi connectivity index (χ2n) is 5.17. The average Bonchev–Trinajstić information content (AvgIpc) is 3.00. The third-order valence-electron chi connectivity index (χ3n) is 4.37. The fourth-order valence-corrected chi connectivity index (χ4v) is 3.58. The van der Waals surface area contributed by atoms with Crippen molar-refractivity contribution in [1.29, 1.82) is 0 Å². The molecule has 92 valence electrons. The predicted molar refractivity (Wildman–Crippen MR) is 60.6 cm³/mol. The Hall–Kier alpha value is -1.98. The van der Waals surface area contributed by atoms with Crippen LogP contribution in [-0.4, -0.2) is 26.7 Å². The molecule has 0 radical (unpaired) electrons. The van der Waals surface area contributed by atoms with Gasteiger partial charge in [-0.15, -0.1) is 10.2 Å². The van der Waals surface area contributed by atoms with Crippen molar-refractivity contribution >= 4 is 11.8 Å². The SMILES string of the molecule is O=C1[C@@H]2[C@@H](C(=O)N1n1cnnc1)[C@@H]1C=C[C@@H]2CC1. The average molecular weight is 244 g/mol. The molecule has 4 aliphatic rings. The van der Waals surface area contributed by atoms with E-state index in [1.807, 2.05) is 0 Å². The minimum absolute atomic E-state index is 0.108. The molecule has 1 saturated heterocycles. The number of hydrogen-bond acceptors (Lipinski definition) is 4. The minimum Gasteiger partial charge on any atom is -0.272 e. The van der Waals surface area contributed by atoms with Gasteiger partial charge < -0.3 is 0 Å². The highest BCUT2D eigenvalue weighted by atomic mass is 16.2. The van der Waals surface area contributed by atoms with E-state index in [2.05, 4.69) is 22.3 Å². The lowest BCUT2D eigenvalue weighted by molar-refractivity contribution is -0.125. The van der Waals surface area contributed by atoms with E-state index in [0.29, 0.717) is 0 Å². The first-order chi connectivity index (χ1) is 8.77. The molecule has 0 spiro atoms. The van der Waals surface area contributed by atoms with Crippen molar-refractivity contribution in [2.75, 3.05) is 5.01 Å². The lowest BCUT2D eigenvalue weighted by Crippen LogP contribution is -2.40. The maximum Gasteiger partial charge on any atom is 0.253 e. The van der Waals surface area contributed by atoms with E-state index in [-0.39, 0.29) is 35.5 Å². The smallest absolute Gasteiger partial charge is 0.253 e. The number of carbonyl (C=O) groups excluding carboxylic acids is 2. The van der Waals surface area contributed by atoms with E-state index in [9.17, 15) is 9.59 Å². The molecular weight excluding hydrogens is 232 g/mol. The number of fused-ring (bicyclic) bond motifs is 1. The van der Waals surface area contributed by atoms with Gasteiger partial charge >= 0.3 is 0 Å². The highest BCUT2D eigenvalue weighted by molar-refractivity contribution is 6.17. The maximum absolute atomic E-state index is 12.4. The Morgan fingerprint density at radius 3 is 1.89 bits per heavy atom. The first-order valence-corrected chi connectivity index (χ1v) is 6.18. The summed E-state index contributed by atoms with van der Waals surface area (Å²) in [6.07, 6.45) is 9.02. The van der Waals surface area contributed by atoms with Gasteiger partial charge in [0.05, 0.1) is 11.8 Å². The van der Waals surface area contributed by atoms with E-state index >= 15 is 0 Å². The molecule has 2 amide bonds. The highest BCUT2D eigenvalue weighted by Crippen LogP contribution is 2.48. The summed E-state index contributed by atoms with van der Waals surface area (Å²) in [5.74, 6) is -0.129. The third kappa shape index (κ3) is 1.07. The molecule has 1 aromatic heterocycles. The molecule has 6 heteroatoms. The Bertz CT molecular complexity index is 518. The molecule has 4 atom stereocenters. The molecule has 1 aromatic rings. The summed E-state index contributed by atoms with van der Waals surface area (Å²) < 4.78 is 1.39. The Balaban J connectivity index is 1.79. The van der Waals surface area contributed by atoms with Crippen LogP contribution >= 0.6 is 0 Å². The van der Waals surface area contributed by atoms with Gasteiger partial charge in [0.1, 0.15) is 12.7 Å². The van der Waals surface area contributed by atoms with Gasteiger partial charge in [-0.3, -0.25) is 9.59 Å². The standard InChI is InChI=1S/C12H12N4O2/c17-11-9-7-1-2-8(4-3-7)10(9)12(18)16(11)15-5-13-14-6-15/h1-2,5-10H,3-4H2/t7-,8-,9+,10+/m1/s1. The van der Waals surface area contributed by atoms with Crippen molar-refractivity contribution in [3.8, 4) is 0 Å². The fraction of sp³-hybridized carbons (Fsp3) is 0.500. The van der Waals surface area contributed by atoms with Crippen LogP contribution in [0.3, 0.4) is 0 Å². The van der Waals surface area contributed by atoms with Crippen molar-refractivity contribution in [3.63, 3.8) is 0 Å². The van der Waals surface area contributed by atoms with Gasteiger partial charge in [0.15, 0.2) is 0 Å². The highest BCUT2D eigenvalue weighted by Gasteiger charge is 2.57. The van der Waals surface area contributed by atoms with Crippen molar-refractivity contribution in [1.82, 2.24) is 14.9 Å². The summed E-state index contributed by atoms with van der Waals surface area (Å²) in [5, 5.41) is 8.52. The summed E-state index contributed by atoms with van der Waals surface area (Å²) in [6, 6.07) is 0. The molecule has 5 rings (SSSR count). The number of aromatic nitrogens is 3. The van der Waals surface area contributed by atoms with Crippen LogP contribution in [0.4, 0.5) is 0 Å². The molecular formula is C12H12N4O2. The van der Waals surface area contributed by atoms with Crippen LogP contribution in [0.25, 0.3) is 0 Å². The zero-order chi connectivity index (χ0) is 12.3. The molecule has 6 nitrogen and oxygen atoms in total. The van der Waals surface area contributed by atoms with Gasteiger partial charge in [0.2, 0.25) is 0 Å². The van der Waals surface area contributed by atoms with Crippen LogP contribution in [0.1, 0.15) is 12.8 Å².